The molecule has 1 heterocycles. The minimum Gasteiger partial charge on any atom is -0.396 e. The maximum Gasteiger partial charge on any atom is 0.233 e. The van der Waals surface area contributed by atoms with E-state index >= 15 is 0 Å². The highest BCUT2D eigenvalue weighted by molar-refractivity contribution is 6.05. The molecule has 0 spiro atoms. The fourth-order valence-corrected chi connectivity index (χ4v) is 2.83. The van der Waals surface area contributed by atoms with Gasteiger partial charge in [0.05, 0.1) is 11.8 Å². The Bertz CT molecular complexity index is 361. The molecule has 1 N–H and O–H groups in total. The molecule has 0 radical (unpaired) electrons. The molecule has 2 aliphatic rings. The number of likely N-dealkylation sites (tertiary alicyclic amines) is 1. The van der Waals surface area contributed by atoms with Crippen molar-refractivity contribution >= 4 is 11.8 Å². The van der Waals surface area contributed by atoms with Crippen LogP contribution >= 0.6 is 0 Å². The third kappa shape index (κ3) is 2.34. The number of amides is 2. The molecular weight excluding hydrogens is 230 g/mol. The van der Waals surface area contributed by atoms with E-state index in [1.165, 1.54) is 4.90 Å². The van der Waals surface area contributed by atoms with Crippen molar-refractivity contribution in [1.82, 2.24) is 4.90 Å². The van der Waals surface area contributed by atoms with Crippen molar-refractivity contribution in [2.24, 2.45) is 17.3 Å². The van der Waals surface area contributed by atoms with Crippen LogP contribution in [0.15, 0.2) is 12.2 Å². The molecule has 18 heavy (non-hydrogen) atoms. The summed E-state index contributed by atoms with van der Waals surface area (Å²) in [5.41, 5.74) is -0.221. The zero-order valence-corrected chi connectivity index (χ0v) is 11.1. The van der Waals surface area contributed by atoms with Gasteiger partial charge in [-0.05, 0) is 24.7 Å². The lowest BCUT2D eigenvalue weighted by molar-refractivity contribution is -0.141. The molecule has 0 aromatic heterocycles. The SMILES string of the molecule is CC(C)(CCO)CN1C(=O)[C@H]2CC=CC[C@H]2C1=O. The van der Waals surface area contributed by atoms with Crippen LogP contribution in [0.2, 0.25) is 0 Å². The summed E-state index contributed by atoms with van der Waals surface area (Å²) in [5.74, 6) is -0.347. The van der Waals surface area contributed by atoms with Gasteiger partial charge in [0.15, 0.2) is 0 Å². The molecule has 4 heteroatoms. The van der Waals surface area contributed by atoms with Crippen LogP contribution in [0.4, 0.5) is 0 Å². The van der Waals surface area contributed by atoms with E-state index in [4.69, 9.17) is 5.11 Å². The lowest BCUT2D eigenvalue weighted by atomic mass is 9.85. The normalized spacial score (nSPS) is 27.8. The average Bonchev–Trinajstić information content (AvgIpc) is 2.55. The molecule has 0 aromatic rings. The Labute approximate surface area is 108 Å². The van der Waals surface area contributed by atoms with E-state index in [2.05, 4.69) is 0 Å². The summed E-state index contributed by atoms with van der Waals surface area (Å²) in [6.45, 7) is 4.45. The number of aliphatic hydroxyl groups excluding tert-OH is 1. The second-order valence-corrected chi connectivity index (χ2v) is 6.06. The Kier molecular flexibility index (Phi) is 3.57. The summed E-state index contributed by atoms with van der Waals surface area (Å²) in [7, 11) is 0. The van der Waals surface area contributed by atoms with E-state index in [1.807, 2.05) is 26.0 Å². The highest BCUT2D eigenvalue weighted by Gasteiger charge is 2.48. The van der Waals surface area contributed by atoms with Gasteiger partial charge in [-0.1, -0.05) is 26.0 Å². The molecule has 1 aliphatic carbocycles. The molecule has 1 saturated heterocycles. The number of hydrogen-bond donors (Lipinski definition) is 1. The number of carbonyl (C=O) groups excluding carboxylic acids is 2. The first-order chi connectivity index (χ1) is 8.46. The van der Waals surface area contributed by atoms with Gasteiger partial charge in [0.2, 0.25) is 11.8 Å². The Morgan fingerprint density at radius 2 is 1.72 bits per heavy atom. The number of imide groups is 1. The highest BCUT2D eigenvalue weighted by Crippen LogP contribution is 2.36. The van der Waals surface area contributed by atoms with Gasteiger partial charge in [-0.3, -0.25) is 14.5 Å². The quantitative estimate of drug-likeness (QED) is 0.606. The average molecular weight is 251 g/mol. The van der Waals surface area contributed by atoms with E-state index in [-0.39, 0.29) is 35.7 Å². The summed E-state index contributed by atoms with van der Waals surface area (Å²) in [6, 6.07) is 0. The van der Waals surface area contributed by atoms with Crippen LogP contribution < -0.4 is 0 Å². The zero-order chi connectivity index (χ0) is 13.3. The minimum absolute atomic E-state index is 0.0274. The van der Waals surface area contributed by atoms with Crippen molar-refractivity contribution in [2.45, 2.75) is 33.1 Å². The molecule has 2 atom stereocenters. The third-order valence-electron chi connectivity index (χ3n) is 3.97. The van der Waals surface area contributed by atoms with Crippen LogP contribution in [0.3, 0.4) is 0 Å². The van der Waals surface area contributed by atoms with Crippen LogP contribution in [0.5, 0.6) is 0 Å². The number of hydrogen-bond acceptors (Lipinski definition) is 3. The van der Waals surface area contributed by atoms with Crippen molar-refractivity contribution in [3.63, 3.8) is 0 Å². The number of fused-ring (bicyclic) bond motifs is 1. The largest absolute Gasteiger partial charge is 0.396 e. The van der Waals surface area contributed by atoms with Gasteiger partial charge < -0.3 is 5.11 Å². The van der Waals surface area contributed by atoms with Gasteiger partial charge in [0, 0.05) is 13.2 Å². The fourth-order valence-electron chi connectivity index (χ4n) is 2.83. The Balaban J connectivity index is 2.11. The van der Waals surface area contributed by atoms with Crippen LogP contribution in [0.1, 0.15) is 33.1 Å². The number of rotatable bonds is 4. The lowest BCUT2D eigenvalue weighted by Crippen LogP contribution is -2.39. The van der Waals surface area contributed by atoms with Crippen molar-refractivity contribution in [1.29, 1.82) is 0 Å². The Morgan fingerprint density at radius 1 is 1.22 bits per heavy atom. The van der Waals surface area contributed by atoms with Gasteiger partial charge >= 0.3 is 0 Å². The molecule has 0 unspecified atom stereocenters. The molecule has 100 valence electrons. The van der Waals surface area contributed by atoms with Crippen molar-refractivity contribution < 1.29 is 14.7 Å². The number of carbonyl (C=O) groups is 2. The highest BCUT2D eigenvalue weighted by atomic mass is 16.3. The molecule has 2 amide bonds. The summed E-state index contributed by atoms with van der Waals surface area (Å²) in [4.78, 5) is 25.9. The van der Waals surface area contributed by atoms with Crippen molar-refractivity contribution in [3.8, 4) is 0 Å². The number of nitrogens with zero attached hydrogens (tertiary/aromatic N) is 1. The van der Waals surface area contributed by atoms with Crippen LogP contribution in [0.25, 0.3) is 0 Å². The molecule has 2 rings (SSSR count). The molecule has 1 fully saturated rings. The van der Waals surface area contributed by atoms with E-state index in [0.717, 1.165) is 0 Å². The van der Waals surface area contributed by atoms with Gasteiger partial charge in [0.25, 0.3) is 0 Å². The first-order valence-electron chi connectivity index (χ1n) is 6.57. The van der Waals surface area contributed by atoms with E-state index in [0.29, 0.717) is 25.8 Å². The fraction of sp³-hybridized carbons (Fsp3) is 0.714. The number of allylic oxidation sites excluding steroid dienone is 2. The summed E-state index contributed by atoms with van der Waals surface area (Å²) in [6.07, 6.45) is 5.96. The summed E-state index contributed by atoms with van der Waals surface area (Å²) in [5, 5.41) is 9.02. The zero-order valence-electron chi connectivity index (χ0n) is 11.1. The maximum atomic E-state index is 12.2. The van der Waals surface area contributed by atoms with Crippen molar-refractivity contribution in [3.05, 3.63) is 12.2 Å². The Morgan fingerprint density at radius 3 is 2.17 bits per heavy atom. The standard InChI is InChI=1S/C14H21NO3/c1-14(2,7-8-16)9-15-12(17)10-5-3-4-6-11(10)13(15)18/h3-4,10-11,16H,5-9H2,1-2H3/t10-,11+. The first-order valence-corrected chi connectivity index (χ1v) is 6.57. The van der Waals surface area contributed by atoms with Crippen molar-refractivity contribution in [2.75, 3.05) is 13.2 Å². The molecule has 4 nitrogen and oxygen atoms in total. The molecule has 0 bridgehead atoms. The third-order valence-corrected chi connectivity index (χ3v) is 3.97. The van der Waals surface area contributed by atoms with Crippen LogP contribution in [0, 0.1) is 17.3 Å². The topological polar surface area (TPSA) is 57.6 Å². The predicted octanol–water partition coefficient (Wildman–Crippen LogP) is 1.35. The van der Waals surface area contributed by atoms with Crippen LogP contribution in [-0.4, -0.2) is 35.0 Å². The number of aliphatic hydroxyl groups is 1. The first kappa shape index (κ1) is 13.3. The van der Waals surface area contributed by atoms with E-state index in [9.17, 15) is 9.59 Å². The van der Waals surface area contributed by atoms with Gasteiger partial charge in [-0.2, -0.15) is 0 Å². The molecule has 0 saturated carbocycles. The van der Waals surface area contributed by atoms with E-state index < -0.39 is 0 Å². The summed E-state index contributed by atoms with van der Waals surface area (Å²) >= 11 is 0. The van der Waals surface area contributed by atoms with Gasteiger partial charge in [0.1, 0.15) is 0 Å². The Hall–Kier alpha value is -1.16. The molecule has 0 aromatic carbocycles. The second kappa shape index (κ2) is 4.84. The monoisotopic (exact) mass is 251 g/mol. The minimum atomic E-state index is -0.221. The molecular formula is C14H21NO3. The lowest BCUT2D eigenvalue weighted by Gasteiger charge is -2.28. The van der Waals surface area contributed by atoms with Gasteiger partial charge in [-0.15, -0.1) is 0 Å². The second-order valence-electron chi connectivity index (χ2n) is 6.06. The maximum absolute atomic E-state index is 12.2. The van der Waals surface area contributed by atoms with Crippen LogP contribution in [-0.2, 0) is 9.59 Å². The summed E-state index contributed by atoms with van der Waals surface area (Å²) < 4.78 is 0. The molecule has 1 aliphatic heterocycles. The smallest absolute Gasteiger partial charge is 0.233 e. The van der Waals surface area contributed by atoms with E-state index in [1.54, 1.807) is 0 Å². The van der Waals surface area contributed by atoms with Gasteiger partial charge in [-0.25, -0.2) is 0 Å². The predicted molar refractivity (Wildman–Crippen MR) is 67.6 cm³/mol.